The molecule has 7 rings (SSSR count). The number of nitrogens with zero attached hydrogens (tertiary/aromatic N) is 3. The van der Waals surface area contributed by atoms with Crippen molar-refractivity contribution in [3.63, 3.8) is 0 Å². The molecule has 1 fully saturated rings. The first-order valence-corrected chi connectivity index (χ1v) is 22.0. The summed E-state index contributed by atoms with van der Waals surface area (Å²) < 4.78 is 15.3. The van der Waals surface area contributed by atoms with Crippen molar-refractivity contribution in [3.05, 3.63) is 108 Å². The first-order chi connectivity index (χ1) is 32.0. The number of H-pyrrole nitrogens is 3. The van der Waals surface area contributed by atoms with Crippen LogP contribution in [0.25, 0.3) is 32.7 Å². The Morgan fingerprint density at radius 1 is 0.455 bits per heavy atom. The average Bonchev–Trinajstić information content (AvgIpc) is 4.07. The van der Waals surface area contributed by atoms with Crippen LogP contribution in [0, 0.1) is 0 Å². The number of carbonyl (C=O) groups is 6. The van der Waals surface area contributed by atoms with E-state index >= 15 is 0 Å². The lowest BCUT2D eigenvalue weighted by atomic mass is 10.0. The largest absolute Gasteiger partial charge is 0.467 e. The Kier molecular flexibility index (Phi) is 15.8. The molecule has 1 saturated heterocycles. The molecule has 0 radical (unpaired) electrons. The lowest BCUT2D eigenvalue weighted by Crippen LogP contribution is -2.49. The Bertz CT molecular complexity index is 2360. The molecule has 0 unspecified atom stereocenters. The molecule has 4 heterocycles. The topological polar surface area (TPSA) is 223 Å². The van der Waals surface area contributed by atoms with Gasteiger partial charge in [0.15, 0.2) is 0 Å². The van der Waals surface area contributed by atoms with Gasteiger partial charge >= 0.3 is 17.9 Å². The molecule has 348 valence electrons. The van der Waals surface area contributed by atoms with Gasteiger partial charge in [0.2, 0.25) is 17.7 Å². The predicted molar refractivity (Wildman–Crippen MR) is 247 cm³/mol. The van der Waals surface area contributed by atoms with E-state index in [9.17, 15) is 28.8 Å². The van der Waals surface area contributed by atoms with Crippen LogP contribution in [0.5, 0.6) is 0 Å². The zero-order valence-corrected chi connectivity index (χ0v) is 37.4. The molecule has 0 bridgehead atoms. The van der Waals surface area contributed by atoms with Crippen LogP contribution >= 0.6 is 0 Å². The van der Waals surface area contributed by atoms with Gasteiger partial charge in [-0.25, -0.2) is 14.4 Å². The number of amides is 3. The van der Waals surface area contributed by atoms with Crippen LogP contribution in [-0.2, 0) is 62.2 Å². The van der Waals surface area contributed by atoms with Gasteiger partial charge in [-0.1, -0.05) is 54.6 Å². The van der Waals surface area contributed by atoms with Gasteiger partial charge < -0.3 is 45.1 Å². The molecule has 6 N–H and O–H groups in total. The van der Waals surface area contributed by atoms with Crippen molar-refractivity contribution in [3.8, 4) is 0 Å². The second-order valence-corrected chi connectivity index (χ2v) is 16.4. The minimum atomic E-state index is -0.960. The fourth-order valence-corrected chi connectivity index (χ4v) is 8.56. The van der Waals surface area contributed by atoms with Gasteiger partial charge in [0.05, 0.1) is 41.0 Å². The van der Waals surface area contributed by atoms with Gasteiger partial charge in [-0.3, -0.25) is 29.1 Å². The van der Waals surface area contributed by atoms with Crippen molar-refractivity contribution in [1.29, 1.82) is 0 Å². The maximum Gasteiger partial charge on any atom is 0.328 e. The molecule has 3 aromatic carbocycles. The highest BCUT2D eigenvalue weighted by Crippen LogP contribution is 2.22. The summed E-state index contributed by atoms with van der Waals surface area (Å²) in [6.45, 7) is 1.87. The highest BCUT2D eigenvalue weighted by molar-refractivity contribution is 5.90. The van der Waals surface area contributed by atoms with E-state index in [1.54, 1.807) is 0 Å². The average molecular weight is 904 g/mol. The number of benzene rings is 3. The maximum absolute atomic E-state index is 13.8. The molecule has 3 amide bonds. The van der Waals surface area contributed by atoms with Gasteiger partial charge in [-0.05, 0) is 34.9 Å². The number of nitrogens with one attached hydrogen (secondary N) is 6. The van der Waals surface area contributed by atoms with E-state index in [0.717, 1.165) is 49.4 Å². The van der Waals surface area contributed by atoms with E-state index in [0.29, 0.717) is 39.3 Å². The Balaban J connectivity index is 1.04. The lowest BCUT2D eigenvalue weighted by Gasteiger charge is -2.26. The minimum absolute atomic E-state index is 0.0917. The van der Waals surface area contributed by atoms with Crippen LogP contribution in [0.15, 0.2) is 91.4 Å². The quantitative estimate of drug-likeness (QED) is 0.0539. The summed E-state index contributed by atoms with van der Waals surface area (Å²) in [6.07, 6.45) is 6.05. The van der Waals surface area contributed by atoms with Gasteiger partial charge in [0.25, 0.3) is 0 Å². The smallest absolute Gasteiger partial charge is 0.328 e. The number of methoxy groups -OCH3 is 3. The Morgan fingerprint density at radius 3 is 0.970 bits per heavy atom. The predicted octanol–water partition coefficient (Wildman–Crippen LogP) is 2.05. The van der Waals surface area contributed by atoms with Crippen molar-refractivity contribution in [2.45, 2.75) is 37.4 Å². The summed E-state index contributed by atoms with van der Waals surface area (Å²) in [7, 11) is 3.83. The van der Waals surface area contributed by atoms with E-state index in [-0.39, 0.29) is 38.9 Å². The number of esters is 3. The highest BCUT2D eigenvalue weighted by atomic mass is 16.5. The molecule has 6 aromatic rings. The molecule has 66 heavy (non-hydrogen) atoms. The SMILES string of the molecule is COC(=O)[C@H](Cc1c[nH]c2ccccc12)NC(=O)CN1CCN(CC(=O)N[C@@H](Cc2c[nH]c3ccccc23)C(=O)OC)CCN(CC(=O)N[C@@H](Cc2c[nH]c3ccccc23)C(=O)OC)CC1. The van der Waals surface area contributed by atoms with Crippen LogP contribution < -0.4 is 16.0 Å². The third-order valence-electron chi connectivity index (χ3n) is 12.1. The number of aromatic nitrogens is 3. The second kappa shape index (κ2) is 22.3. The molecule has 1 aliphatic heterocycles. The summed E-state index contributed by atoms with van der Waals surface area (Å²) in [5.41, 5.74) is 5.25. The van der Waals surface area contributed by atoms with E-state index < -0.39 is 53.8 Å². The first-order valence-electron chi connectivity index (χ1n) is 22.0. The Morgan fingerprint density at radius 2 is 0.712 bits per heavy atom. The molecule has 3 aromatic heterocycles. The maximum atomic E-state index is 13.8. The highest BCUT2D eigenvalue weighted by Gasteiger charge is 2.29. The fourth-order valence-electron chi connectivity index (χ4n) is 8.56. The summed E-state index contributed by atoms with van der Waals surface area (Å²) in [5.74, 6) is -2.98. The second-order valence-electron chi connectivity index (χ2n) is 16.4. The number of rotatable bonds is 18. The number of hydrogen-bond donors (Lipinski definition) is 6. The van der Waals surface area contributed by atoms with E-state index in [1.807, 2.05) is 106 Å². The van der Waals surface area contributed by atoms with Gasteiger partial charge in [0, 0.05) is 110 Å². The molecule has 0 spiro atoms. The number of aromatic amines is 3. The van der Waals surface area contributed by atoms with Gasteiger partial charge in [-0.2, -0.15) is 0 Å². The third kappa shape index (κ3) is 12.0. The number of fused-ring (bicyclic) bond motifs is 3. The van der Waals surface area contributed by atoms with E-state index in [2.05, 4.69) is 30.9 Å². The molecular formula is C48H57N9O9. The minimum Gasteiger partial charge on any atom is -0.467 e. The molecule has 18 nitrogen and oxygen atoms in total. The fraction of sp³-hybridized carbons (Fsp3) is 0.375. The summed E-state index contributed by atoms with van der Waals surface area (Å²) >= 11 is 0. The molecule has 3 atom stereocenters. The van der Waals surface area contributed by atoms with Crippen molar-refractivity contribution >= 4 is 68.3 Å². The van der Waals surface area contributed by atoms with Crippen molar-refractivity contribution in [2.75, 3.05) is 80.2 Å². The zero-order chi connectivity index (χ0) is 46.6. The van der Waals surface area contributed by atoms with Crippen LogP contribution in [0.4, 0.5) is 0 Å². The van der Waals surface area contributed by atoms with Gasteiger partial charge in [0.1, 0.15) is 18.1 Å². The first kappa shape index (κ1) is 47.0. The van der Waals surface area contributed by atoms with Crippen LogP contribution in [0.3, 0.4) is 0 Å². The third-order valence-corrected chi connectivity index (χ3v) is 12.1. The molecule has 0 saturated carbocycles. The van der Waals surface area contributed by atoms with Crippen LogP contribution in [-0.4, -0.2) is 164 Å². The summed E-state index contributed by atoms with van der Waals surface area (Å²) in [4.78, 5) is 95.6. The Hall–Kier alpha value is -7.02. The van der Waals surface area contributed by atoms with E-state index in [4.69, 9.17) is 14.2 Å². The molecule has 0 aliphatic carbocycles. The molecule has 18 heteroatoms. The van der Waals surface area contributed by atoms with Crippen molar-refractivity contribution in [2.24, 2.45) is 0 Å². The van der Waals surface area contributed by atoms with Crippen molar-refractivity contribution < 1.29 is 43.0 Å². The van der Waals surface area contributed by atoms with Gasteiger partial charge in [-0.15, -0.1) is 0 Å². The monoisotopic (exact) mass is 903 g/mol. The normalized spacial score (nSPS) is 15.5. The van der Waals surface area contributed by atoms with Crippen LogP contribution in [0.2, 0.25) is 0 Å². The lowest BCUT2D eigenvalue weighted by molar-refractivity contribution is -0.145. The number of hydrogen-bond acceptors (Lipinski definition) is 12. The molecular weight excluding hydrogens is 847 g/mol. The Labute approximate surface area is 381 Å². The number of carbonyl (C=O) groups excluding carboxylic acids is 6. The standard InChI is InChI=1S/C48H57N9O9/c1-64-46(61)40(22-31-25-49-37-13-7-4-10-34(31)37)52-43(58)28-55-16-18-56(29-44(59)53-41(47(62)65-2)23-32-26-50-38-14-8-5-11-35(32)38)20-21-57(19-17-55)30-45(60)54-42(48(63)66-3)24-33-27-51-39-15-9-6-12-36(33)39/h4-15,25-27,40-42,49-51H,16-24,28-30H2,1-3H3,(H,52,58)(H,53,59)(H,54,60)/t40-,41-,42-/m0/s1. The van der Waals surface area contributed by atoms with Crippen LogP contribution in [0.1, 0.15) is 16.7 Å². The summed E-state index contributed by atoms with van der Waals surface area (Å²) in [6, 6.07) is 20.2. The van der Waals surface area contributed by atoms with Crippen molar-refractivity contribution in [1.82, 2.24) is 45.6 Å². The zero-order valence-electron chi connectivity index (χ0n) is 37.4. The summed E-state index contributed by atoms with van der Waals surface area (Å²) in [5, 5.41) is 11.4. The van der Waals surface area contributed by atoms with E-state index in [1.165, 1.54) is 21.3 Å². The molecule has 1 aliphatic rings. The number of para-hydroxylation sites is 3. The number of ether oxygens (including phenoxy) is 3.